The summed E-state index contributed by atoms with van der Waals surface area (Å²) in [6.07, 6.45) is 1.16. The van der Waals surface area contributed by atoms with Crippen LogP contribution < -0.4 is 0 Å². The lowest BCUT2D eigenvalue weighted by Gasteiger charge is -2.02. The number of hydrogen-bond donors (Lipinski definition) is 0. The highest BCUT2D eigenvalue weighted by Gasteiger charge is 2.20. The summed E-state index contributed by atoms with van der Waals surface area (Å²) in [6.45, 7) is 0. The number of nitrogens with zero attached hydrogens (tertiary/aromatic N) is 1. The number of ether oxygens (including phenoxy) is 1. The van der Waals surface area contributed by atoms with E-state index < -0.39 is 5.97 Å². The van der Waals surface area contributed by atoms with Crippen molar-refractivity contribution in [2.45, 2.75) is 0 Å². The molecule has 0 fully saturated rings. The number of halogens is 2. The average Bonchev–Trinajstić information content (AvgIpc) is 2.77. The Labute approximate surface area is 107 Å². The minimum atomic E-state index is -0.584. The van der Waals surface area contributed by atoms with Crippen molar-refractivity contribution < 1.29 is 13.9 Å². The molecule has 2 rings (SSSR count). The van der Waals surface area contributed by atoms with Gasteiger partial charge < -0.3 is 9.15 Å². The molecule has 1 aromatic carbocycles. The Bertz CT molecular complexity index is 566. The van der Waals surface area contributed by atoms with Crippen LogP contribution in [0.25, 0.3) is 11.3 Å². The van der Waals surface area contributed by atoms with Gasteiger partial charge in [-0.2, -0.15) is 0 Å². The first-order valence-corrected chi connectivity index (χ1v) is 5.36. The van der Waals surface area contributed by atoms with E-state index in [0.717, 1.165) is 6.39 Å². The van der Waals surface area contributed by atoms with Crippen LogP contribution in [0.5, 0.6) is 0 Å². The van der Waals surface area contributed by atoms with Crippen molar-refractivity contribution in [1.29, 1.82) is 0 Å². The van der Waals surface area contributed by atoms with Crippen LogP contribution in [0.3, 0.4) is 0 Å². The zero-order valence-corrected chi connectivity index (χ0v) is 10.2. The number of methoxy groups -OCH3 is 1. The van der Waals surface area contributed by atoms with Gasteiger partial charge in [-0.3, -0.25) is 0 Å². The maximum atomic E-state index is 11.4. The molecule has 0 aliphatic carbocycles. The molecule has 4 nitrogen and oxygen atoms in total. The number of carbonyl (C=O) groups is 1. The van der Waals surface area contributed by atoms with Crippen LogP contribution in [-0.4, -0.2) is 18.1 Å². The second kappa shape index (κ2) is 4.77. The fourth-order valence-electron chi connectivity index (χ4n) is 1.35. The van der Waals surface area contributed by atoms with Crippen molar-refractivity contribution in [3.8, 4) is 11.3 Å². The van der Waals surface area contributed by atoms with Gasteiger partial charge in [-0.05, 0) is 18.2 Å². The fraction of sp³-hybridized carbons (Fsp3) is 0.0909. The maximum absolute atomic E-state index is 11.4. The average molecular weight is 272 g/mol. The Kier molecular flexibility index (Phi) is 3.36. The number of esters is 1. The molecule has 0 aliphatic heterocycles. The highest BCUT2D eigenvalue weighted by atomic mass is 35.5. The van der Waals surface area contributed by atoms with Crippen molar-refractivity contribution in [3.05, 3.63) is 40.3 Å². The second-order valence-corrected chi connectivity index (χ2v) is 3.99. The highest BCUT2D eigenvalue weighted by Crippen LogP contribution is 2.32. The van der Waals surface area contributed by atoms with E-state index in [2.05, 4.69) is 9.72 Å². The molecule has 0 amide bonds. The zero-order chi connectivity index (χ0) is 12.4. The Balaban J connectivity index is 2.53. The highest BCUT2D eigenvalue weighted by molar-refractivity contribution is 6.36. The lowest BCUT2D eigenvalue weighted by atomic mass is 10.1. The smallest absolute Gasteiger partial charge is 0.360 e. The van der Waals surface area contributed by atoms with Crippen LogP contribution in [0.15, 0.2) is 29.0 Å². The van der Waals surface area contributed by atoms with E-state index in [-0.39, 0.29) is 11.5 Å². The molecule has 0 saturated heterocycles. The van der Waals surface area contributed by atoms with Gasteiger partial charge in [-0.15, -0.1) is 0 Å². The molecule has 0 N–H and O–H groups in total. The van der Waals surface area contributed by atoms with E-state index in [1.165, 1.54) is 7.11 Å². The number of oxazole rings is 1. The topological polar surface area (TPSA) is 52.3 Å². The second-order valence-electron chi connectivity index (χ2n) is 3.15. The molecule has 88 valence electrons. The summed E-state index contributed by atoms with van der Waals surface area (Å²) in [6, 6.07) is 4.85. The molecule has 1 aromatic heterocycles. The van der Waals surface area contributed by atoms with Gasteiger partial charge in [-0.1, -0.05) is 23.2 Å². The number of aromatic nitrogens is 1. The first-order valence-electron chi connectivity index (χ1n) is 4.60. The van der Waals surface area contributed by atoms with E-state index >= 15 is 0 Å². The molecule has 6 heteroatoms. The van der Waals surface area contributed by atoms with Crippen LogP contribution in [0.1, 0.15) is 10.5 Å². The molecule has 0 radical (unpaired) electrons. The molecule has 0 saturated carbocycles. The maximum Gasteiger partial charge on any atom is 0.360 e. The van der Waals surface area contributed by atoms with E-state index in [1.54, 1.807) is 18.2 Å². The Morgan fingerprint density at radius 1 is 1.41 bits per heavy atom. The molecule has 0 aliphatic rings. The normalized spacial score (nSPS) is 10.3. The van der Waals surface area contributed by atoms with Crippen LogP contribution >= 0.6 is 23.2 Å². The molecular weight excluding hydrogens is 265 g/mol. The Hall–Kier alpha value is -1.52. The van der Waals surface area contributed by atoms with Crippen molar-refractivity contribution in [1.82, 2.24) is 4.98 Å². The van der Waals surface area contributed by atoms with Gasteiger partial charge >= 0.3 is 5.97 Å². The quantitative estimate of drug-likeness (QED) is 0.786. The molecule has 17 heavy (non-hydrogen) atoms. The van der Waals surface area contributed by atoms with E-state index in [4.69, 9.17) is 27.6 Å². The van der Waals surface area contributed by atoms with Crippen molar-refractivity contribution >= 4 is 29.2 Å². The van der Waals surface area contributed by atoms with Crippen LogP contribution in [-0.2, 0) is 4.74 Å². The third-order valence-corrected chi connectivity index (χ3v) is 2.67. The summed E-state index contributed by atoms with van der Waals surface area (Å²) >= 11 is 11.8. The molecule has 0 atom stereocenters. The Morgan fingerprint density at radius 2 is 2.18 bits per heavy atom. The van der Waals surface area contributed by atoms with Crippen molar-refractivity contribution in [2.24, 2.45) is 0 Å². The monoisotopic (exact) mass is 271 g/mol. The van der Waals surface area contributed by atoms with Crippen molar-refractivity contribution in [3.63, 3.8) is 0 Å². The van der Waals surface area contributed by atoms with E-state index in [9.17, 15) is 4.79 Å². The largest absolute Gasteiger partial charge is 0.464 e. The lowest BCUT2D eigenvalue weighted by Crippen LogP contribution is -2.03. The summed E-state index contributed by atoms with van der Waals surface area (Å²) < 4.78 is 9.74. The standard InChI is InChI=1S/C11H7Cl2NO3/c1-16-11(15)9-10(17-5-14-9)7-3-2-6(12)4-8(7)13/h2-5H,1H3. The van der Waals surface area contributed by atoms with Gasteiger partial charge in [-0.25, -0.2) is 9.78 Å². The lowest BCUT2D eigenvalue weighted by molar-refractivity contribution is 0.0595. The van der Waals surface area contributed by atoms with Gasteiger partial charge in [0.1, 0.15) is 0 Å². The number of benzene rings is 1. The summed E-state index contributed by atoms with van der Waals surface area (Å²) in [7, 11) is 1.27. The van der Waals surface area contributed by atoms with Crippen LogP contribution in [0.2, 0.25) is 10.0 Å². The first kappa shape index (κ1) is 12.0. The number of carbonyl (C=O) groups excluding carboxylic acids is 1. The summed E-state index contributed by atoms with van der Waals surface area (Å²) in [5.41, 5.74) is 0.616. The minimum Gasteiger partial charge on any atom is -0.464 e. The van der Waals surface area contributed by atoms with Gasteiger partial charge in [0.05, 0.1) is 12.1 Å². The van der Waals surface area contributed by atoms with Crippen molar-refractivity contribution in [2.75, 3.05) is 7.11 Å². The van der Waals surface area contributed by atoms with E-state index in [1.807, 2.05) is 0 Å². The summed E-state index contributed by atoms with van der Waals surface area (Å²) in [5, 5.41) is 0.872. The first-order chi connectivity index (χ1) is 8.13. The predicted molar refractivity (Wildman–Crippen MR) is 63.3 cm³/mol. The minimum absolute atomic E-state index is 0.0803. The molecule has 0 spiro atoms. The molecule has 2 aromatic rings. The fourth-order valence-corrected chi connectivity index (χ4v) is 1.85. The van der Waals surface area contributed by atoms with Gasteiger partial charge in [0.15, 0.2) is 17.8 Å². The molecule has 1 heterocycles. The molecule has 0 unspecified atom stereocenters. The SMILES string of the molecule is COC(=O)c1ncoc1-c1ccc(Cl)cc1Cl. The van der Waals surface area contributed by atoms with E-state index in [0.29, 0.717) is 15.6 Å². The Morgan fingerprint density at radius 3 is 2.82 bits per heavy atom. The third kappa shape index (κ3) is 2.28. The summed E-state index contributed by atoms with van der Waals surface area (Å²) in [4.78, 5) is 15.2. The summed E-state index contributed by atoms with van der Waals surface area (Å²) in [5.74, 6) is -0.321. The predicted octanol–water partition coefficient (Wildman–Crippen LogP) is 3.44. The van der Waals surface area contributed by atoms with Gasteiger partial charge in [0.25, 0.3) is 0 Å². The third-order valence-electron chi connectivity index (χ3n) is 2.12. The van der Waals surface area contributed by atoms with Gasteiger partial charge in [0.2, 0.25) is 0 Å². The molecular formula is C11H7Cl2NO3. The van der Waals surface area contributed by atoms with Crippen LogP contribution in [0.4, 0.5) is 0 Å². The van der Waals surface area contributed by atoms with Gasteiger partial charge in [0, 0.05) is 10.6 Å². The number of rotatable bonds is 2. The zero-order valence-electron chi connectivity index (χ0n) is 8.74. The number of hydrogen-bond acceptors (Lipinski definition) is 4. The molecule has 0 bridgehead atoms. The van der Waals surface area contributed by atoms with Crippen LogP contribution in [0, 0.1) is 0 Å².